The van der Waals surface area contributed by atoms with Crippen molar-refractivity contribution in [2.75, 3.05) is 10.9 Å². The van der Waals surface area contributed by atoms with Crippen LogP contribution in [-0.4, -0.2) is 0 Å². The molecule has 16 heavy (non-hydrogen) atoms. The second-order valence-electron chi connectivity index (χ2n) is 3.28. The van der Waals surface area contributed by atoms with Gasteiger partial charge in [-0.05, 0) is 24.3 Å². The van der Waals surface area contributed by atoms with Gasteiger partial charge in [0.05, 0.1) is 11.4 Å². The average Bonchev–Trinajstić information content (AvgIpc) is 2.30. The molecular formula is C12H12N2S2. The molecule has 0 saturated carbocycles. The Morgan fingerprint density at radius 1 is 0.625 bits per heavy atom. The molecule has 2 rings (SSSR count). The zero-order valence-electron chi connectivity index (χ0n) is 8.51. The summed E-state index contributed by atoms with van der Waals surface area (Å²) >= 11 is 8.70. The van der Waals surface area contributed by atoms with Crippen molar-refractivity contribution in [1.29, 1.82) is 0 Å². The van der Waals surface area contributed by atoms with E-state index >= 15 is 0 Å². The summed E-state index contributed by atoms with van der Waals surface area (Å²) in [7, 11) is 0. The summed E-state index contributed by atoms with van der Waals surface area (Å²) in [5, 5.41) is 0. The van der Waals surface area contributed by atoms with Crippen molar-refractivity contribution in [3.63, 3.8) is 0 Å². The number of hydrazine groups is 1. The molecule has 4 heteroatoms. The van der Waals surface area contributed by atoms with Crippen LogP contribution < -0.4 is 10.9 Å². The van der Waals surface area contributed by atoms with Crippen molar-refractivity contribution in [3.05, 3.63) is 48.5 Å². The molecule has 0 unspecified atom stereocenters. The molecule has 0 saturated heterocycles. The lowest BCUT2D eigenvalue weighted by Gasteiger charge is -2.12. The lowest BCUT2D eigenvalue weighted by Crippen LogP contribution is -2.09. The number of para-hydroxylation sites is 2. The van der Waals surface area contributed by atoms with Crippen molar-refractivity contribution in [3.8, 4) is 0 Å². The molecule has 82 valence electrons. The van der Waals surface area contributed by atoms with Crippen molar-refractivity contribution in [2.45, 2.75) is 9.79 Å². The van der Waals surface area contributed by atoms with Gasteiger partial charge in [0.1, 0.15) is 0 Å². The van der Waals surface area contributed by atoms with Crippen LogP contribution in [0.3, 0.4) is 0 Å². The van der Waals surface area contributed by atoms with Crippen molar-refractivity contribution in [1.82, 2.24) is 0 Å². The first kappa shape index (κ1) is 11.2. The Morgan fingerprint density at radius 2 is 1.00 bits per heavy atom. The number of thiol groups is 2. The Morgan fingerprint density at radius 3 is 1.38 bits per heavy atom. The molecule has 0 spiro atoms. The van der Waals surface area contributed by atoms with Crippen LogP contribution in [0.25, 0.3) is 0 Å². The number of anilines is 2. The molecule has 0 fully saturated rings. The smallest absolute Gasteiger partial charge is 0.0673 e. The molecule has 0 amide bonds. The van der Waals surface area contributed by atoms with Crippen molar-refractivity contribution < 1.29 is 0 Å². The van der Waals surface area contributed by atoms with E-state index in [1.165, 1.54) is 0 Å². The predicted molar refractivity (Wildman–Crippen MR) is 74.6 cm³/mol. The van der Waals surface area contributed by atoms with Crippen molar-refractivity contribution >= 4 is 36.6 Å². The Bertz CT molecular complexity index is 440. The van der Waals surface area contributed by atoms with Gasteiger partial charge in [0.15, 0.2) is 0 Å². The summed E-state index contributed by atoms with van der Waals surface area (Å²) in [4.78, 5) is 1.79. The molecule has 2 nitrogen and oxygen atoms in total. The fraction of sp³-hybridized carbons (Fsp3) is 0. The van der Waals surface area contributed by atoms with E-state index in [4.69, 9.17) is 0 Å². The summed E-state index contributed by atoms with van der Waals surface area (Å²) in [5.41, 5.74) is 8.06. The Balaban J connectivity index is 2.09. The molecule has 0 aromatic heterocycles. The highest BCUT2D eigenvalue weighted by atomic mass is 32.1. The molecule has 0 aliphatic carbocycles. The minimum absolute atomic E-state index is 0.895. The normalized spacial score (nSPS) is 9.88. The van der Waals surface area contributed by atoms with Gasteiger partial charge in [-0.3, -0.25) is 10.9 Å². The summed E-state index contributed by atoms with van der Waals surface area (Å²) in [5.74, 6) is 0. The third-order valence-corrected chi connectivity index (χ3v) is 2.92. The number of hydrogen-bond donors (Lipinski definition) is 4. The summed E-state index contributed by atoms with van der Waals surface area (Å²) in [6.45, 7) is 0. The second kappa shape index (κ2) is 5.18. The van der Waals surface area contributed by atoms with Gasteiger partial charge in [0.2, 0.25) is 0 Å². The van der Waals surface area contributed by atoms with Crippen LogP contribution in [0.5, 0.6) is 0 Å². The topological polar surface area (TPSA) is 24.1 Å². The SMILES string of the molecule is Sc1ccccc1NNc1ccccc1S. The molecule has 2 aromatic rings. The first-order chi connectivity index (χ1) is 7.77. The predicted octanol–water partition coefficient (Wildman–Crippen LogP) is 3.70. The maximum Gasteiger partial charge on any atom is 0.0673 e. The van der Waals surface area contributed by atoms with Gasteiger partial charge in [0, 0.05) is 9.79 Å². The van der Waals surface area contributed by atoms with Crippen LogP contribution in [0.4, 0.5) is 11.4 Å². The highest BCUT2D eigenvalue weighted by Gasteiger charge is 1.98. The monoisotopic (exact) mass is 248 g/mol. The largest absolute Gasteiger partial charge is 0.300 e. The van der Waals surface area contributed by atoms with Gasteiger partial charge in [-0.25, -0.2) is 0 Å². The molecule has 0 aliphatic heterocycles. The molecule has 2 N–H and O–H groups in total. The van der Waals surface area contributed by atoms with E-state index < -0.39 is 0 Å². The lowest BCUT2D eigenvalue weighted by atomic mass is 10.3. The lowest BCUT2D eigenvalue weighted by molar-refractivity contribution is 1.31. The van der Waals surface area contributed by atoms with Crippen LogP contribution >= 0.6 is 25.3 Å². The van der Waals surface area contributed by atoms with E-state index in [-0.39, 0.29) is 0 Å². The number of hydrogen-bond acceptors (Lipinski definition) is 4. The third-order valence-electron chi connectivity index (χ3n) is 2.14. The maximum atomic E-state index is 4.35. The molecule has 0 atom stereocenters. The van der Waals surface area contributed by atoms with Crippen LogP contribution in [-0.2, 0) is 0 Å². The van der Waals surface area contributed by atoms with Gasteiger partial charge >= 0.3 is 0 Å². The van der Waals surface area contributed by atoms with Gasteiger partial charge < -0.3 is 0 Å². The summed E-state index contributed by atoms with van der Waals surface area (Å²) < 4.78 is 0. The van der Waals surface area contributed by atoms with E-state index in [1.54, 1.807) is 0 Å². The highest BCUT2D eigenvalue weighted by molar-refractivity contribution is 7.80. The van der Waals surface area contributed by atoms with E-state index in [0.717, 1.165) is 21.2 Å². The van der Waals surface area contributed by atoms with E-state index in [0.29, 0.717) is 0 Å². The molecule has 0 radical (unpaired) electrons. The molecule has 2 aromatic carbocycles. The first-order valence-electron chi connectivity index (χ1n) is 4.85. The van der Waals surface area contributed by atoms with Crippen LogP contribution in [0.15, 0.2) is 58.3 Å². The van der Waals surface area contributed by atoms with Crippen LogP contribution in [0.1, 0.15) is 0 Å². The maximum absolute atomic E-state index is 4.35. The van der Waals surface area contributed by atoms with E-state index in [9.17, 15) is 0 Å². The number of nitrogens with one attached hydrogen (secondary N) is 2. The Hall–Kier alpha value is -1.26. The average molecular weight is 248 g/mol. The summed E-state index contributed by atoms with van der Waals surface area (Å²) in [6, 6.07) is 15.6. The van der Waals surface area contributed by atoms with Gasteiger partial charge in [0.25, 0.3) is 0 Å². The van der Waals surface area contributed by atoms with Gasteiger partial charge in [-0.2, -0.15) is 0 Å². The third kappa shape index (κ3) is 2.65. The molecule has 0 bridgehead atoms. The fourth-order valence-electron chi connectivity index (χ4n) is 1.29. The van der Waals surface area contributed by atoms with Crippen molar-refractivity contribution in [2.24, 2.45) is 0 Å². The fourth-order valence-corrected chi connectivity index (χ4v) is 1.73. The van der Waals surface area contributed by atoms with E-state index in [2.05, 4.69) is 36.1 Å². The Kier molecular flexibility index (Phi) is 3.64. The minimum atomic E-state index is 0.895. The zero-order valence-corrected chi connectivity index (χ0v) is 10.3. The van der Waals surface area contributed by atoms with E-state index in [1.807, 2.05) is 48.5 Å². The van der Waals surface area contributed by atoms with Gasteiger partial charge in [-0.15, -0.1) is 25.3 Å². The highest BCUT2D eigenvalue weighted by Crippen LogP contribution is 2.21. The van der Waals surface area contributed by atoms with Crippen LogP contribution in [0, 0.1) is 0 Å². The number of rotatable bonds is 3. The quantitative estimate of drug-likeness (QED) is 0.492. The summed E-state index contributed by atoms with van der Waals surface area (Å²) in [6.07, 6.45) is 0. The molecule has 0 aliphatic rings. The van der Waals surface area contributed by atoms with Crippen LogP contribution in [0.2, 0.25) is 0 Å². The second-order valence-corrected chi connectivity index (χ2v) is 4.25. The zero-order chi connectivity index (χ0) is 11.4. The minimum Gasteiger partial charge on any atom is -0.300 e. The Labute approximate surface area is 106 Å². The molecular weight excluding hydrogens is 236 g/mol. The van der Waals surface area contributed by atoms with Gasteiger partial charge in [-0.1, -0.05) is 24.3 Å². The molecule has 0 heterocycles. The number of benzene rings is 2. The first-order valence-corrected chi connectivity index (χ1v) is 5.75. The standard InChI is InChI=1S/C12H12N2S2/c15-11-7-3-1-5-9(11)13-14-10-6-2-4-8-12(10)16/h1-8,13-16H.